The standard InChI is InChI=1S/C54H34N2O/c1-3-11-35(12-4-1)37-19-24-41(25-20-37)55-50-28-22-39(32-47(50)44-27-21-40(33-52(44)55)36-13-5-2-6-14-36)38-23-29-51-46(31-38)43-15-7-9-17-49(43)56(51)42-26-30-54-48(34-42)45-16-8-10-18-53(45)57-54/h1-34H/i7D,9D,15D,17D,23D,29D,31D. The first kappa shape index (κ1) is 25.5. The van der Waals surface area contributed by atoms with E-state index in [1.54, 1.807) is 16.7 Å². The maximum atomic E-state index is 9.91. The Hall–Kier alpha value is -7.62. The van der Waals surface area contributed by atoms with Gasteiger partial charge in [0.15, 0.2) is 0 Å². The average molecular weight is 734 g/mol. The SMILES string of the molecule is [2H]c1c([2H])c([2H])c2c(c1[2H])c1c([2H])c(-c3ccc4c(c3)c3ccc(-c5ccccc5)cc3n4-c3ccc(-c4ccccc4)cc3)c([2H])c([2H])c1n2-c1ccc2oc3ccccc3c2c1. The van der Waals surface area contributed by atoms with Crippen molar-refractivity contribution in [1.82, 2.24) is 9.13 Å². The number of aromatic nitrogens is 2. The fraction of sp³-hybridized carbons (Fsp3) is 0. The van der Waals surface area contributed by atoms with Crippen molar-refractivity contribution in [3.63, 3.8) is 0 Å². The van der Waals surface area contributed by atoms with E-state index in [-0.39, 0.29) is 57.6 Å². The van der Waals surface area contributed by atoms with Crippen molar-refractivity contribution >= 4 is 65.6 Å². The van der Waals surface area contributed by atoms with E-state index in [1.165, 1.54) is 0 Å². The summed E-state index contributed by atoms with van der Waals surface area (Å²) < 4.78 is 75.0. The molecule has 0 saturated carbocycles. The third-order valence-corrected chi connectivity index (χ3v) is 11.2. The normalized spacial score (nSPS) is 13.6. The van der Waals surface area contributed by atoms with E-state index in [9.17, 15) is 6.85 Å². The summed E-state index contributed by atoms with van der Waals surface area (Å²) in [5.74, 6) is 0. The van der Waals surface area contributed by atoms with E-state index >= 15 is 0 Å². The lowest BCUT2D eigenvalue weighted by molar-refractivity contribution is 0.669. The highest BCUT2D eigenvalue weighted by Gasteiger charge is 2.18. The maximum absolute atomic E-state index is 9.91. The van der Waals surface area contributed by atoms with Crippen molar-refractivity contribution < 1.29 is 14.0 Å². The highest BCUT2D eigenvalue weighted by atomic mass is 16.3. The van der Waals surface area contributed by atoms with Crippen LogP contribution in [0.25, 0.3) is 110 Å². The number of rotatable bonds is 5. The van der Waals surface area contributed by atoms with Crippen LogP contribution in [0.2, 0.25) is 0 Å². The van der Waals surface area contributed by atoms with Gasteiger partial charge in [0.25, 0.3) is 0 Å². The molecule has 0 aliphatic heterocycles. The monoisotopic (exact) mass is 733 g/mol. The van der Waals surface area contributed by atoms with Crippen LogP contribution >= 0.6 is 0 Å². The summed E-state index contributed by atoms with van der Waals surface area (Å²) in [5, 5.41) is 3.85. The third kappa shape index (κ3) is 4.99. The molecule has 0 N–H and O–H groups in total. The first-order valence-electron chi connectivity index (χ1n) is 22.4. The number of para-hydroxylation sites is 2. The summed E-state index contributed by atoms with van der Waals surface area (Å²) in [4.78, 5) is 0. The fourth-order valence-electron chi connectivity index (χ4n) is 8.47. The van der Waals surface area contributed by atoms with Crippen molar-refractivity contribution in [2.24, 2.45) is 0 Å². The quantitative estimate of drug-likeness (QED) is 0.173. The summed E-state index contributed by atoms with van der Waals surface area (Å²) in [7, 11) is 0. The van der Waals surface area contributed by atoms with Gasteiger partial charge in [0.2, 0.25) is 0 Å². The highest BCUT2D eigenvalue weighted by Crippen LogP contribution is 2.40. The molecule has 3 heteroatoms. The predicted octanol–water partition coefficient (Wildman–Crippen LogP) is 14.8. The molecule has 0 aliphatic carbocycles. The summed E-state index contributed by atoms with van der Waals surface area (Å²) in [6, 6.07) is 52.5. The number of nitrogens with zero attached hydrogens (tertiary/aromatic N) is 2. The van der Waals surface area contributed by atoms with Gasteiger partial charge in [-0.3, -0.25) is 0 Å². The van der Waals surface area contributed by atoms with E-state index in [0.29, 0.717) is 22.4 Å². The molecule has 0 spiro atoms. The molecule has 0 radical (unpaired) electrons. The number of furan rings is 1. The molecule has 3 heterocycles. The van der Waals surface area contributed by atoms with Crippen molar-refractivity contribution in [2.75, 3.05) is 0 Å². The van der Waals surface area contributed by atoms with Gasteiger partial charge in [0.05, 0.1) is 31.7 Å². The second kappa shape index (κ2) is 12.5. The molecule has 0 atom stereocenters. The Labute approximate surface area is 338 Å². The predicted molar refractivity (Wildman–Crippen MR) is 239 cm³/mol. The van der Waals surface area contributed by atoms with Crippen LogP contribution in [-0.4, -0.2) is 9.13 Å². The average Bonchev–Trinajstić information content (AvgIpc) is 4.00. The lowest BCUT2D eigenvalue weighted by Gasteiger charge is -2.11. The summed E-state index contributed by atoms with van der Waals surface area (Å²) in [6.45, 7) is 0. The van der Waals surface area contributed by atoms with Gasteiger partial charge in [-0.1, -0.05) is 133 Å². The Kier molecular flexibility index (Phi) is 5.56. The Morgan fingerprint density at radius 2 is 0.965 bits per heavy atom. The molecule has 0 fully saturated rings. The third-order valence-electron chi connectivity index (χ3n) is 11.2. The zero-order valence-electron chi connectivity index (χ0n) is 37.4. The largest absolute Gasteiger partial charge is 0.456 e. The van der Waals surface area contributed by atoms with E-state index in [4.69, 9.17) is 7.16 Å². The van der Waals surface area contributed by atoms with Crippen LogP contribution in [-0.2, 0) is 0 Å². The Morgan fingerprint density at radius 1 is 0.333 bits per heavy atom. The molecule has 3 aromatic heterocycles. The Bertz CT molecular complexity index is 3910. The molecular weight excluding hydrogens is 693 g/mol. The van der Waals surface area contributed by atoms with Gasteiger partial charge < -0.3 is 13.6 Å². The lowest BCUT2D eigenvalue weighted by atomic mass is 9.99. The number of benzene rings is 9. The number of hydrogen-bond acceptors (Lipinski definition) is 1. The van der Waals surface area contributed by atoms with Crippen molar-refractivity contribution in [1.29, 1.82) is 0 Å². The minimum Gasteiger partial charge on any atom is -0.456 e. The zero-order valence-corrected chi connectivity index (χ0v) is 30.4. The van der Waals surface area contributed by atoms with Gasteiger partial charge in [-0.25, -0.2) is 0 Å². The van der Waals surface area contributed by atoms with Gasteiger partial charge in [-0.05, 0) is 106 Å². The van der Waals surface area contributed by atoms with Crippen LogP contribution in [0.3, 0.4) is 0 Å². The summed E-state index contributed by atoms with van der Waals surface area (Å²) in [6.07, 6.45) is 0. The van der Waals surface area contributed by atoms with Gasteiger partial charge in [-0.2, -0.15) is 0 Å². The molecule has 3 nitrogen and oxygen atoms in total. The molecular formula is C54H34N2O. The van der Waals surface area contributed by atoms with E-state index in [2.05, 4.69) is 71.3 Å². The Morgan fingerprint density at radius 3 is 1.81 bits per heavy atom. The van der Waals surface area contributed by atoms with Crippen LogP contribution in [0.5, 0.6) is 0 Å². The van der Waals surface area contributed by atoms with E-state index in [0.717, 1.165) is 60.5 Å². The second-order valence-corrected chi connectivity index (χ2v) is 14.4. The van der Waals surface area contributed by atoms with Crippen LogP contribution in [0.1, 0.15) is 9.60 Å². The fourth-order valence-corrected chi connectivity index (χ4v) is 8.47. The minimum absolute atomic E-state index is 0.0921. The van der Waals surface area contributed by atoms with Crippen molar-refractivity contribution in [2.45, 2.75) is 0 Å². The molecule has 12 aromatic rings. The van der Waals surface area contributed by atoms with Crippen LogP contribution in [0, 0.1) is 0 Å². The molecule has 0 unspecified atom stereocenters. The topological polar surface area (TPSA) is 23.0 Å². The lowest BCUT2D eigenvalue weighted by Crippen LogP contribution is -1.94. The first-order chi connectivity index (χ1) is 31.2. The molecule has 0 amide bonds. The highest BCUT2D eigenvalue weighted by molar-refractivity contribution is 6.14. The smallest absolute Gasteiger partial charge is 0.135 e. The molecule has 0 aliphatic rings. The molecule has 57 heavy (non-hydrogen) atoms. The molecule has 12 rings (SSSR count). The van der Waals surface area contributed by atoms with Crippen molar-refractivity contribution in [3.05, 3.63) is 206 Å². The summed E-state index contributed by atoms with van der Waals surface area (Å²) >= 11 is 0. The van der Waals surface area contributed by atoms with Gasteiger partial charge >= 0.3 is 0 Å². The van der Waals surface area contributed by atoms with Crippen molar-refractivity contribution in [3.8, 4) is 44.8 Å². The minimum atomic E-state index is -0.434. The number of fused-ring (bicyclic) bond motifs is 9. The second-order valence-electron chi connectivity index (χ2n) is 14.4. The summed E-state index contributed by atoms with van der Waals surface area (Å²) in [5.41, 5.74) is 10.2. The van der Waals surface area contributed by atoms with E-state index < -0.39 is 12.1 Å². The van der Waals surface area contributed by atoms with Gasteiger partial charge in [-0.15, -0.1) is 0 Å². The molecule has 0 saturated heterocycles. The Balaban J connectivity index is 1.11. The molecule has 9 aromatic carbocycles. The first-order valence-corrected chi connectivity index (χ1v) is 18.9. The van der Waals surface area contributed by atoms with Crippen LogP contribution in [0.4, 0.5) is 0 Å². The molecule has 0 bridgehead atoms. The van der Waals surface area contributed by atoms with Gasteiger partial charge in [0, 0.05) is 43.7 Å². The van der Waals surface area contributed by atoms with Crippen LogP contribution in [0.15, 0.2) is 211 Å². The van der Waals surface area contributed by atoms with Gasteiger partial charge in [0.1, 0.15) is 11.2 Å². The number of hydrogen-bond donors (Lipinski definition) is 0. The zero-order chi connectivity index (χ0) is 43.5. The van der Waals surface area contributed by atoms with E-state index in [1.807, 2.05) is 84.9 Å². The molecule has 266 valence electrons. The maximum Gasteiger partial charge on any atom is 0.135 e. The van der Waals surface area contributed by atoms with Crippen LogP contribution < -0.4 is 0 Å².